The minimum Gasteiger partial charge on any atom is -0.378 e. The molecule has 1 N–H and O–H groups in total. The van der Waals surface area contributed by atoms with E-state index in [0.29, 0.717) is 16.7 Å². The molecule has 204 valence electrons. The summed E-state index contributed by atoms with van der Waals surface area (Å²) in [6, 6.07) is 6.88. The van der Waals surface area contributed by atoms with E-state index in [-0.39, 0.29) is 31.9 Å². The van der Waals surface area contributed by atoms with Gasteiger partial charge in [-0.15, -0.1) is 31.7 Å². The number of aliphatic hydroxyl groups is 1. The lowest BCUT2D eigenvalue weighted by atomic mass is 9.99. The number of fused-ring (bicyclic) bond motifs is 4. The predicted molar refractivity (Wildman–Crippen MR) is 139 cm³/mol. The maximum atomic E-state index is 13.3. The van der Waals surface area contributed by atoms with Gasteiger partial charge in [-0.25, -0.2) is 0 Å². The van der Waals surface area contributed by atoms with Gasteiger partial charge in [0.15, 0.2) is 5.82 Å². The van der Waals surface area contributed by atoms with Crippen molar-refractivity contribution in [1.82, 2.24) is 34.4 Å². The molecule has 0 saturated carbocycles. The molecule has 0 spiro atoms. The Labute approximate surface area is 230 Å². The number of rotatable bonds is 4. The van der Waals surface area contributed by atoms with Crippen LogP contribution in [-0.4, -0.2) is 58.0 Å². The second kappa shape index (κ2) is 9.51. The first kappa shape index (κ1) is 26.1. The first-order valence-corrected chi connectivity index (χ1v) is 13.5. The third-order valence-electron chi connectivity index (χ3n) is 7.25. The van der Waals surface area contributed by atoms with Gasteiger partial charge in [-0.05, 0) is 38.5 Å². The fourth-order valence-corrected chi connectivity index (χ4v) is 6.48. The van der Waals surface area contributed by atoms with Crippen LogP contribution in [0.15, 0.2) is 29.3 Å². The van der Waals surface area contributed by atoms with Crippen molar-refractivity contribution in [2.45, 2.75) is 58.7 Å². The number of hydrogen-bond donors (Lipinski definition) is 1. The standard InChI is InChI=1S/C25H24ClF3N8OS/c1-12-13(2)39-23-20(12)21(15-4-6-16(26)7-5-15)30-17(22-33-31-14(3)37(22)23)10-19(38)35-8-9-36-18(11-35)32-34-24(36)25(27,28)29/h4-7,17,19,38H,8-11H2,1-3H3/t17-,19?/m0/s1. The van der Waals surface area contributed by atoms with Gasteiger partial charge in [-0.2, -0.15) is 13.2 Å². The van der Waals surface area contributed by atoms with E-state index in [1.165, 1.54) is 0 Å². The first-order valence-electron chi connectivity index (χ1n) is 12.3. The fraction of sp³-hybridized carbons (Fsp3) is 0.400. The minimum absolute atomic E-state index is 0.0171. The van der Waals surface area contributed by atoms with Crippen LogP contribution in [-0.2, 0) is 19.3 Å². The highest BCUT2D eigenvalue weighted by atomic mass is 35.5. The van der Waals surface area contributed by atoms with E-state index < -0.39 is 24.3 Å². The van der Waals surface area contributed by atoms with Crippen molar-refractivity contribution in [3.05, 3.63) is 74.2 Å². The molecule has 14 heteroatoms. The maximum Gasteiger partial charge on any atom is 0.451 e. The molecule has 1 unspecified atom stereocenters. The molecule has 0 radical (unpaired) electrons. The van der Waals surface area contributed by atoms with E-state index in [9.17, 15) is 18.3 Å². The second-order valence-electron chi connectivity index (χ2n) is 9.68. The lowest BCUT2D eigenvalue weighted by Crippen LogP contribution is -2.42. The third kappa shape index (κ3) is 4.46. The number of alkyl halides is 3. The van der Waals surface area contributed by atoms with Gasteiger partial charge in [0.25, 0.3) is 0 Å². The van der Waals surface area contributed by atoms with Gasteiger partial charge >= 0.3 is 6.18 Å². The largest absolute Gasteiger partial charge is 0.451 e. The number of aromatic nitrogens is 6. The summed E-state index contributed by atoms with van der Waals surface area (Å²) in [5, 5.41) is 28.7. The Morgan fingerprint density at radius 3 is 2.54 bits per heavy atom. The summed E-state index contributed by atoms with van der Waals surface area (Å²) >= 11 is 7.80. The maximum absolute atomic E-state index is 13.3. The van der Waals surface area contributed by atoms with Crippen LogP contribution in [0.1, 0.15) is 57.3 Å². The molecule has 5 heterocycles. The summed E-state index contributed by atoms with van der Waals surface area (Å²) in [7, 11) is 0. The van der Waals surface area contributed by atoms with E-state index in [1.807, 2.05) is 35.8 Å². The van der Waals surface area contributed by atoms with Gasteiger partial charge in [-0.1, -0.05) is 23.7 Å². The van der Waals surface area contributed by atoms with Crippen LogP contribution in [0.2, 0.25) is 5.02 Å². The zero-order valence-electron chi connectivity index (χ0n) is 21.2. The fourth-order valence-electron chi connectivity index (χ4n) is 5.14. The van der Waals surface area contributed by atoms with Crippen LogP contribution in [0.5, 0.6) is 0 Å². The minimum atomic E-state index is -4.59. The highest BCUT2D eigenvalue weighted by molar-refractivity contribution is 7.15. The average molecular weight is 577 g/mol. The van der Waals surface area contributed by atoms with Crippen LogP contribution < -0.4 is 0 Å². The highest BCUT2D eigenvalue weighted by Crippen LogP contribution is 2.40. The normalized spacial score (nSPS) is 18.3. The van der Waals surface area contributed by atoms with Crippen molar-refractivity contribution in [3.8, 4) is 5.00 Å². The summed E-state index contributed by atoms with van der Waals surface area (Å²) < 4.78 is 42.9. The van der Waals surface area contributed by atoms with Crippen molar-refractivity contribution in [1.29, 1.82) is 0 Å². The van der Waals surface area contributed by atoms with E-state index in [2.05, 4.69) is 34.2 Å². The van der Waals surface area contributed by atoms with Crippen molar-refractivity contribution < 1.29 is 18.3 Å². The molecule has 2 aliphatic heterocycles. The van der Waals surface area contributed by atoms with E-state index >= 15 is 0 Å². The summed E-state index contributed by atoms with van der Waals surface area (Å²) in [4.78, 5) is 7.98. The van der Waals surface area contributed by atoms with Gasteiger partial charge < -0.3 is 9.67 Å². The van der Waals surface area contributed by atoms with Crippen LogP contribution in [0.4, 0.5) is 13.2 Å². The Bertz CT molecular complexity index is 1590. The lowest BCUT2D eigenvalue weighted by molar-refractivity contribution is -0.148. The number of nitrogens with zero attached hydrogens (tertiary/aromatic N) is 8. The van der Waals surface area contributed by atoms with E-state index in [1.54, 1.807) is 16.2 Å². The van der Waals surface area contributed by atoms with Crippen molar-refractivity contribution in [2.24, 2.45) is 4.99 Å². The molecule has 1 aromatic carbocycles. The molecule has 0 saturated heterocycles. The van der Waals surface area contributed by atoms with Crippen LogP contribution >= 0.6 is 22.9 Å². The number of aliphatic hydroxyl groups excluding tert-OH is 1. The highest BCUT2D eigenvalue weighted by Gasteiger charge is 2.40. The molecule has 0 amide bonds. The SMILES string of the molecule is Cc1sc2c(c1C)C(c1ccc(Cl)cc1)=N[C@@H](CC(O)N1CCn3c(nnc3C(F)(F)F)C1)c1nnc(C)n1-2. The third-order valence-corrected chi connectivity index (χ3v) is 8.69. The van der Waals surface area contributed by atoms with Gasteiger partial charge in [0.2, 0.25) is 5.82 Å². The summed E-state index contributed by atoms with van der Waals surface area (Å²) in [6.45, 7) is 6.25. The summed E-state index contributed by atoms with van der Waals surface area (Å²) in [6.07, 6.45) is -5.45. The molecule has 2 aliphatic rings. The summed E-state index contributed by atoms with van der Waals surface area (Å²) in [5.41, 5.74) is 3.72. The van der Waals surface area contributed by atoms with Crippen molar-refractivity contribution >= 4 is 28.6 Å². The quantitative estimate of drug-likeness (QED) is 0.380. The molecule has 6 rings (SSSR count). The lowest BCUT2D eigenvalue weighted by Gasteiger charge is -2.32. The molecule has 2 atom stereocenters. The predicted octanol–water partition coefficient (Wildman–Crippen LogP) is 4.63. The van der Waals surface area contributed by atoms with Crippen LogP contribution in [0.3, 0.4) is 0 Å². The molecule has 0 fully saturated rings. The van der Waals surface area contributed by atoms with E-state index in [4.69, 9.17) is 16.6 Å². The molecular formula is C25H24ClF3N8OS. The topological polar surface area (TPSA) is 97.2 Å². The smallest absolute Gasteiger partial charge is 0.378 e. The molecule has 3 aromatic heterocycles. The van der Waals surface area contributed by atoms with Crippen molar-refractivity contribution in [3.63, 3.8) is 0 Å². The Morgan fingerprint density at radius 1 is 1.08 bits per heavy atom. The Balaban J connectivity index is 1.38. The summed E-state index contributed by atoms with van der Waals surface area (Å²) in [5.74, 6) is 0.432. The number of halogens is 4. The van der Waals surface area contributed by atoms with Gasteiger partial charge in [0, 0.05) is 40.5 Å². The monoisotopic (exact) mass is 576 g/mol. The van der Waals surface area contributed by atoms with Gasteiger partial charge in [0.05, 0.1) is 12.3 Å². The Hall–Kier alpha value is -3.13. The second-order valence-corrected chi connectivity index (χ2v) is 11.3. The molecule has 39 heavy (non-hydrogen) atoms. The average Bonchev–Trinajstić information content (AvgIpc) is 3.55. The van der Waals surface area contributed by atoms with Gasteiger partial charge in [0.1, 0.15) is 28.9 Å². The molecule has 9 nitrogen and oxygen atoms in total. The zero-order chi connectivity index (χ0) is 27.6. The van der Waals surface area contributed by atoms with Gasteiger partial charge in [-0.3, -0.25) is 14.5 Å². The number of aliphatic imine (C=N–C) groups is 1. The Morgan fingerprint density at radius 2 is 1.82 bits per heavy atom. The Kier molecular flexibility index (Phi) is 6.36. The van der Waals surface area contributed by atoms with Crippen LogP contribution in [0.25, 0.3) is 5.00 Å². The van der Waals surface area contributed by atoms with Crippen molar-refractivity contribution in [2.75, 3.05) is 6.54 Å². The number of thiophene rings is 1. The first-order chi connectivity index (χ1) is 18.5. The molecular weight excluding hydrogens is 553 g/mol. The molecule has 4 aromatic rings. The molecule has 0 bridgehead atoms. The number of aryl methyl sites for hydroxylation is 2. The number of benzene rings is 1. The van der Waals surface area contributed by atoms with Crippen LogP contribution in [0, 0.1) is 20.8 Å². The van der Waals surface area contributed by atoms with E-state index in [0.717, 1.165) is 36.8 Å². The zero-order valence-corrected chi connectivity index (χ0v) is 22.8. The molecule has 0 aliphatic carbocycles. The number of hydrogen-bond acceptors (Lipinski definition) is 8.